The van der Waals surface area contributed by atoms with Crippen LogP contribution in [0.4, 0.5) is 5.82 Å². The Bertz CT molecular complexity index is 355. The van der Waals surface area contributed by atoms with Crippen molar-refractivity contribution in [2.24, 2.45) is 0 Å². The zero-order chi connectivity index (χ0) is 11.5. The highest BCUT2D eigenvalue weighted by atomic mass is 79.9. The normalized spacial score (nSPS) is 21.2. The molecule has 1 unspecified atom stereocenters. The van der Waals surface area contributed by atoms with Crippen LogP contribution in [0, 0.1) is 6.92 Å². The van der Waals surface area contributed by atoms with Gasteiger partial charge in [-0.2, -0.15) is 0 Å². The summed E-state index contributed by atoms with van der Waals surface area (Å²) in [7, 11) is 0. The first kappa shape index (κ1) is 11.8. The quantitative estimate of drug-likeness (QED) is 0.814. The lowest BCUT2D eigenvalue weighted by molar-refractivity contribution is 0.00334. The summed E-state index contributed by atoms with van der Waals surface area (Å²) in [6.07, 6.45) is -0.122. The van der Waals surface area contributed by atoms with Crippen LogP contribution in [0.1, 0.15) is 5.82 Å². The Kier molecular flexibility index (Phi) is 3.73. The Morgan fingerprint density at radius 1 is 1.62 bits per heavy atom. The maximum Gasteiger partial charge on any atom is 0.133 e. The SMILES string of the molecule is Cc1nc(Br)cc(N2CCOC(CO)C2)n1. The van der Waals surface area contributed by atoms with Crippen molar-refractivity contribution in [3.8, 4) is 0 Å². The third-order valence-corrected chi connectivity index (χ3v) is 2.87. The van der Waals surface area contributed by atoms with E-state index in [2.05, 4.69) is 30.8 Å². The predicted molar refractivity (Wildman–Crippen MR) is 63.5 cm³/mol. The number of rotatable bonds is 2. The van der Waals surface area contributed by atoms with Crippen LogP contribution in [0.5, 0.6) is 0 Å². The summed E-state index contributed by atoms with van der Waals surface area (Å²) < 4.78 is 6.17. The third-order valence-electron chi connectivity index (χ3n) is 2.46. The van der Waals surface area contributed by atoms with E-state index in [1.807, 2.05) is 13.0 Å². The highest BCUT2D eigenvalue weighted by Crippen LogP contribution is 2.18. The van der Waals surface area contributed by atoms with Gasteiger partial charge in [0.15, 0.2) is 0 Å². The number of aromatic nitrogens is 2. The molecule has 1 aromatic heterocycles. The molecule has 88 valence electrons. The van der Waals surface area contributed by atoms with Gasteiger partial charge in [-0.15, -0.1) is 0 Å². The molecule has 1 saturated heterocycles. The first-order valence-electron chi connectivity index (χ1n) is 5.17. The monoisotopic (exact) mass is 287 g/mol. The number of hydrogen-bond acceptors (Lipinski definition) is 5. The third kappa shape index (κ3) is 2.69. The van der Waals surface area contributed by atoms with Crippen molar-refractivity contribution in [2.45, 2.75) is 13.0 Å². The molecular formula is C10H14BrN3O2. The van der Waals surface area contributed by atoms with E-state index in [-0.39, 0.29) is 12.7 Å². The summed E-state index contributed by atoms with van der Waals surface area (Å²) in [5, 5.41) is 9.07. The fraction of sp³-hybridized carbons (Fsp3) is 0.600. The van der Waals surface area contributed by atoms with E-state index >= 15 is 0 Å². The Morgan fingerprint density at radius 3 is 3.12 bits per heavy atom. The van der Waals surface area contributed by atoms with E-state index < -0.39 is 0 Å². The largest absolute Gasteiger partial charge is 0.394 e. The lowest BCUT2D eigenvalue weighted by Crippen LogP contribution is -2.44. The number of nitrogens with zero attached hydrogens (tertiary/aromatic N) is 3. The van der Waals surface area contributed by atoms with Crippen LogP contribution >= 0.6 is 15.9 Å². The zero-order valence-corrected chi connectivity index (χ0v) is 10.6. The predicted octanol–water partition coefficient (Wildman–Crippen LogP) is 0.745. The number of morpholine rings is 1. The fourth-order valence-electron chi connectivity index (χ4n) is 1.72. The first-order chi connectivity index (χ1) is 7.69. The molecule has 0 aromatic carbocycles. The van der Waals surface area contributed by atoms with E-state index in [0.29, 0.717) is 13.2 Å². The number of aliphatic hydroxyl groups excluding tert-OH is 1. The number of hydrogen-bond donors (Lipinski definition) is 1. The smallest absolute Gasteiger partial charge is 0.133 e. The van der Waals surface area contributed by atoms with E-state index in [0.717, 1.165) is 22.8 Å². The Labute approximate surface area is 103 Å². The van der Waals surface area contributed by atoms with Gasteiger partial charge >= 0.3 is 0 Å². The van der Waals surface area contributed by atoms with Gasteiger partial charge in [0.1, 0.15) is 16.2 Å². The summed E-state index contributed by atoms with van der Waals surface area (Å²) in [5.74, 6) is 1.61. The number of ether oxygens (including phenoxy) is 1. The van der Waals surface area contributed by atoms with Crippen molar-refractivity contribution in [2.75, 3.05) is 31.2 Å². The molecule has 0 amide bonds. The standard InChI is InChI=1S/C10H14BrN3O2/c1-7-12-9(11)4-10(13-7)14-2-3-16-8(5-14)6-15/h4,8,15H,2-3,5-6H2,1H3. The van der Waals surface area contributed by atoms with Crippen molar-refractivity contribution in [3.63, 3.8) is 0 Å². The van der Waals surface area contributed by atoms with Crippen molar-refractivity contribution in [1.82, 2.24) is 9.97 Å². The summed E-state index contributed by atoms with van der Waals surface area (Å²) >= 11 is 3.35. The number of halogens is 1. The van der Waals surface area contributed by atoms with Crippen LogP contribution in [-0.2, 0) is 4.74 Å². The molecule has 1 N–H and O–H groups in total. The van der Waals surface area contributed by atoms with E-state index in [9.17, 15) is 0 Å². The van der Waals surface area contributed by atoms with Crippen LogP contribution in [0.2, 0.25) is 0 Å². The van der Waals surface area contributed by atoms with E-state index in [1.54, 1.807) is 0 Å². The lowest BCUT2D eigenvalue weighted by atomic mass is 10.3. The van der Waals surface area contributed by atoms with Gasteiger partial charge in [0.2, 0.25) is 0 Å². The molecule has 5 nitrogen and oxygen atoms in total. The molecule has 16 heavy (non-hydrogen) atoms. The molecule has 2 heterocycles. The second-order valence-electron chi connectivity index (χ2n) is 3.72. The average molecular weight is 288 g/mol. The summed E-state index contributed by atoms with van der Waals surface area (Å²) in [6, 6.07) is 1.88. The molecule has 1 aliphatic rings. The van der Waals surface area contributed by atoms with E-state index in [4.69, 9.17) is 9.84 Å². The average Bonchev–Trinajstić information content (AvgIpc) is 2.28. The molecule has 1 atom stereocenters. The van der Waals surface area contributed by atoms with Crippen molar-refractivity contribution in [1.29, 1.82) is 0 Å². The second-order valence-corrected chi connectivity index (χ2v) is 4.53. The van der Waals surface area contributed by atoms with Gasteiger partial charge < -0.3 is 14.7 Å². The van der Waals surface area contributed by atoms with Crippen LogP contribution in [0.25, 0.3) is 0 Å². The molecule has 0 spiro atoms. The van der Waals surface area contributed by atoms with Gasteiger partial charge in [-0.3, -0.25) is 0 Å². The van der Waals surface area contributed by atoms with Crippen molar-refractivity contribution >= 4 is 21.7 Å². The van der Waals surface area contributed by atoms with Gasteiger partial charge in [-0.25, -0.2) is 9.97 Å². The first-order valence-corrected chi connectivity index (χ1v) is 5.97. The molecule has 0 radical (unpaired) electrons. The molecular weight excluding hydrogens is 274 g/mol. The second kappa shape index (κ2) is 5.07. The minimum Gasteiger partial charge on any atom is -0.394 e. The van der Waals surface area contributed by atoms with Crippen LogP contribution in [-0.4, -0.2) is 47.5 Å². The molecule has 1 aliphatic heterocycles. The van der Waals surface area contributed by atoms with E-state index in [1.165, 1.54) is 0 Å². The fourth-order valence-corrected chi connectivity index (χ4v) is 2.18. The lowest BCUT2D eigenvalue weighted by Gasteiger charge is -2.32. The minimum atomic E-state index is -0.122. The highest BCUT2D eigenvalue weighted by Gasteiger charge is 2.21. The van der Waals surface area contributed by atoms with Crippen LogP contribution < -0.4 is 4.90 Å². The van der Waals surface area contributed by atoms with Crippen molar-refractivity contribution in [3.05, 3.63) is 16.5 Å². The number of aryl methyl sites for hydroxylation is 1. The maximum atomic E-state index is 9.07. The Hall–Kier alpha value is -0.720. The topological polar surface area (TPSA) is 58.5 Å². The van der Waals surface area contributed by atoms with Gasteiger partial charge in [0, 0.05) is 19.2 Å². The summed E-state index contributed by atoms with van der Waals surface area (Å²) in [6.45, 7) is 3.98. The zero-order valence-electron chi connectivity index (χ0n) is 9.06. The Morgan fingerprint density at radius 2 is 2.44 bits per heavy atom. The molecule has 0 aliphatic carbocycles. The molecule has 0 saturated carbocycles. The molecule has 0 bridgehead atoms. The van der Waals surface area contributed by atoms with Gasteiger partial charge in [-0.05, 0) is 22.9 Å². The van der Waals surface area contributed by atoms with Crippen LogP contribution in [0.15, 0.2) is 10.7 Å². The number of anilines is 1. The summed E-state index contributed by atoms with van der Waals surface area (Å²) in [4.78, 5) is 10.6. The molecule has 2 rings (SSSR count). The number of aliphatic hydroxyl groups is 1. The van der Waals surface area contributed by atoms with Gasteiger partial charge in [0.25, 0.3) is 0 Å². The molecule has 1 aromatic rings. The maximum absolute atomic E-state index is 9.07. The Balaban J connectivity index is 2.16. The summed E-state index contributed by atoms with van der Waals surface area (Å²) in [5.41, 5.74) is 0. The van der Waals surface area contributed by atoms with Crippen LogP contribution in [0.3, 0.4) is 0 Å². The molecule has 6 heteroatoms. The molecule has 1 fully saturated rings. The highest BCUT2D eigenvalue weighted by molar-refractivity contribution is 9.10. The van der Waals surface area contributed by atoms with Gasteiger partial charge in [0.05, 0.1) is 19.3 Å². The van der Waals surface area contributed by atoms with Gasteiger partial charge in [-0.1, -0.05) is 0 Å². The van der Waals surface area contributed by atoms with Crippen molar-refractivity contribution < 1.29 is 9.84 Å². The minimum absolute atomic E-state index is 0.0434.